The van der Waals surface area contributed by atoms with Crippen molar-refractivity contribution in [2.45, 2.75) is 6.54 Å². The van der Waals surface area contributed by atoms with Crippen molar-refractivity contribution in [3.8, 4) is 0 Å². The summed E-state index contributed by atoms with van der Waals surface area (Å²) in [5.41, 5.74) is 1.87. The van der Waals surface area contributed by atoms with Crippen molar-refractivity contribution in [1.29, 1.82) is 0 Å². The van der Waals surface area contributed by atoms with Gasteiger partial charge in [0, 0.05) is 44.6 Å². The maximum atomic E-state index is 12.2. The number of carbonyl (C=O) groups excluding carboxylic acids is 1. The van der Waals surface area contributed by atoms with Gasteiger partial charge < -0.3 is 14.8 Å². The molecule has 1 heterocycles. The molecular formula is C15H22Cl2N4O. The van der Waals surface area contributed by atoms with Crippen molar-refractivity contribution in [2.24, 2.45) is 0 Å². The molecule has 0 aliphatic heterocycles. The molecule has 2 aromatic rings. The van der Waals surface area contributed by atoms with E-state index in [0.29, 0.717) is 6.54 Å². The summed E-state index contributed by atoms with van der Waals surface area (Å²) < 4.78 is 2.00. The molecule has 0 saturated heterocycles. The highest BCUT2D eigenvalue weighted by atomic mass is 35.5. The number of aromatic nitrogens is 2. The minimum Gasteiger partial charge on any atom is -0.340 e. The number of benzene rings is 1. The number of carbonyl (C=O) groups is 1. The zero-order valence-corrected chi connectivity index (χ0v) is 14.4. The molecular weight excluding hydrogens is 323 g/mol. The van der Waals surface area contributed by atoms with Gasteiger partial charge in [-0.1, -0.05) is 12.1 Å². The van der Waals surface area contributed by atoms with Crippen LogP contribution in [0.2, 0.25) is 0 Å². The molecule has 22 heavy (non-hydrogen) atoms. The van der Waals surface area contributed by atoms with E-state index in [0.717, 1.165) is 24.2 Å². The topological polar surface area (TPSA) is 50.2 Å². The average molecular weight is 345 g/mol. The molecule has 0 fully saturated rings. The number of hydrogen-bond acceptors (Lipinski definition) is 3. The van der Waals surface area contributed by atoms with Crippen molar-refractivity contribution in [2.75, 3.05) is 27.2 Å². The fraction of sp³-hybridized carbons (Fsp3) is 0.333. The van der Waals surface area contributed by atoms with Crippen molar-refractivity contribution in [3.05, 3.63) is 54.1 Å². The van der Waals surface area contributed by atoms with E-state index in [4.69, 9.17) is 0 Å². The average Bonchev–Trinajstić information content (AvgIpc) is 2.97. The molecule has 1 aromatic carbocycles. The number of hydrogen-bond donors (Lipinski definition) is 1. The van der Waals surface area contributed by atoms with Crippen molar-refractivity contribution < 1.29 is 4.79 Å². The zero-order valence-electron chi connectivity index (χ0n) is 12.7. The Morgan fingerprint density at radius 1 is 1.27 bits per heavy atom. The standard InChI is InChI=1S/C15H20N4O.2ClH/c1-16-7-9-18(2)15(20)14-5-3-13(4-6-14)11-19-10-8-17-12-19;;/h3-6,8,10,12,16H,7,9,11H2,1-2H3;2*1H. The molecule has 122 valence electrons. The lowest BCUT2D eigenvalue weighted by Crippen LogP contribution is -2.32. The molecule has 5 nitrogen and oxygen atoms in total. The lowest BCUT2D eigenvalue weighted by molar-refractivity contribution is 0.0797. The second kappa shape index (κ2) is 10.2. The van der Waals surface area contributed by atoms with E-state index in [2.05, 4.69) is 10.3 Å². The highest BCUT2D eigenvalue weighted by molar-refractivity contribution is 5.94. The van der Waals surface area contributed by atoms with E-state index < -0.39 is 0 Å². The first-order valence-corrected chi connectivity index (χ1v) is 6.65. The number of imidazole rings is 1. The Kier molecular flexibility index (Phi) is 9.49. The number of nitrogens with zero attached hydrogens (tertiary/aromatic N) is 3. The Morgan fingerprint density at radius 2 is 1.95 bits per heavy atom. The number of rotatable bonds is 6. The maximum Gasteiger partial charge on any atom is 0.253 e. The van der Waals surface area contributed by atoms with Crippen LogP contribution in [-0.4, -0.2) is 47.5 Å². The highest BCUT2D eigenvalue weighted by Crippen LogP contribution is 2.08. The first kappa shape index (κ1) is 20.4. The van der Waals surface area contributed by atoms with Gasteiger partial charge in [0.15, 0.2) is 0 Å². The SMILES string of the molecule is CNCCN(C)C(=O)c1ccc(Cn2ccnc2)cc1.Cl.Cl. The zero-order chi connectivity index (χ0) is 14.4. The lowest BCUT2D eigenvalue weighted by atomic mass is 10.1. The van der Waals surface area contributed by atoms with E-state index in [-0.39, 0.29) is 30.7 Å². The first-order valence-electron chi connectivity index (χ1n) is 6.65. The molecule has 0 unspecified atom stereocenters. The third kappa shape index (κ3) is 5.67. The molecule has 7 heteroatoms. The summed E-state index contributed by atoms with van der Waals surface area (Å²) in [4.78, 5) is 17.9. The van der Waals surface area contributed by atoms with E-state index in [1.807, 2.05) is 49.1 Å². The Bertz CT molecular complexity index is 543. The van der Waals surface area contributed by atoms with E-state index in [1.54, 1.807) is 17.4 Å². The summed E-state index contributed by atoms with van der Waals surface area (Å²) in [5, 5.41) is 3.04. The number of amides is 1. The second-order valence-electron chi connectivity index (χ2n) is 4.76. The minimum absolute atomic E-state index is 0. The van der Waals surface area contributed by atoms with Crippen LogP contribution in [-0.2, 0) is 6.54 Å². The summed E-state index contributed by atoms with van der Waals surface area (Å²) in [6.07, 6.45) is 5.46. The lowest BCUT2D eigenvalue weighted by Gasteiger charge is -2.17. The number of halogens is 2. The van der Waals surface area contributed by atoms with Gasteiger partial charge in [-0.3, -0.25) is 4.79 Å². The molecule has 0 atom stereocenters. The van der Waals surface area contributed by atoms with Crippen LogP contribution in [0.4, 0.5) is 0 Å². The van der Waals surface area contributed by atoms with Crippen molar-refractivity contribution in [3.63, 3.8) is 0 Å². The Labute approximate surface area is 143 Å². The van der Waals surface area contributed by atoms with Crippen molar-refractivity contribution in [1.82, 2.24) is 19.8 Å². The molecule has 0 aliphatic carbocycles. The second-order valence-corrected chi connectivity index (χ2v) is 4.76. The molecule has 0 radical (unpaired) electrons. The van der Waals surface area contributed by atoms with Crippen LogP contribution in [0.15, 0.2) is 43.0 Å². The van der Waals surface area contributed by atoms with E-state index >= 15 is 0 Å². The molecule has 0 aliphatic rings. The van der Waals surface area contributed by atoms with Crippen LogP contribution in [0.1, 0.15) is 15.9 Å². The quantitative estimate of drug-likeness (QED) is 0.872. The largest absolute Gasteiger partial charge is 0.340 e. The summed E-state index contributed by atoms with van der Waals surface area (Å²) in [7, 11) is 3.70. The maximum absolute atomic E-state index is 12.2. The molecule has 0 bridgehead atoms. The summed E-state index contributed by atoms with van der Waals surface area (Å²) in [5.74, 6) is 0.0504. The van der Waals surface area contributed by atoms with Gasteiger partial charge in [0.25, 0.3) is 5.91 Å². The Hall–Kier alpha value is -1.56. The predicted molar refractivity (Wildman–Crippen MR) is 93.2 cm³/mol. The van der Waals surface area contributed by atoms with Gasteiger partial charge in [-0.15, -0.1) is 24.8 Å². The summed E-state index contributed by atoms with van der Waals surface area (Å²) in [6.45, 7) is 2.26. The number of nitrogens with one attached hydrogen (secondary N) is 1. The summed E-state index contributed by atoms with van der Waals surface area (Å²) >= 11 is 0. The minimum atomic E-state index is 0. The fourth-order valence-corrected chi connectivity index (χ4v) is 1.95. The first-order chi connectivity index (χ1) is 9.70. The third-order valence-corrected chi connectivity index (χ3v) is 3.17. The van der Waals surface area contributed by atoms with Gasteiger partial charge in [-0.05, 0) is 24.7 Å². The molecule has 1 N–H and O–H groups in total. The van der Waals surface area contributed by atoms with Gasteiger partial charge in [-0.2, -0.15) is 0 Å². The van der Waals surface area contributed by atoms with Crippen LogP contribution in [0.5, 0.6) is 0 Å². The van der Waals surface area contributed by atoms with E-state index in [9.17, 15) is 4.79 Å². The normalized spacial score (nSPS) is 9.55. The highest BCUT2D eigenvalue weighted by Gasteiger charge is 2.10. The van der Waals surface area contributed by atoms with Gasteiger partial charge in [0.1, 0.15) is 0 Å². The fourth-order valence-electron chi connectivity index (χ4n) is 1.95. The number of likely N-dealkylation sites (N-methyl/N-ethyl adjacent to an activating group) is 2. The molecule has 0 saturated carbocycles. The smallest absolute Gasteiger partial charge is 0.253 e. The summed E-state index contributed by atoms with van der Waals surface area (Å²) in [6, 6.07) is 7.73. The monoisotopic (exact) mass is 344 g/mol. The predicted octanol–water partition coefficient (Wildman–Crippen LogP) is 2.07. The third-order valence-electron chi connectivity index (χ3n) is 3.17. The van der Waals surface area contributed by atoms with Gasteiger partial charge in [0.05, 0.1) is 6.33 Å². The van der Waals surface area contributed by atoms with Crippen LogP contribution in [0.3, 0.4) is 0 Å². The van der Waals surface area contributed by atoms with Crippen LogP contribution in [0.25, 0.3) is 0 Å². The van der Waals surface area contributed by atoms with Crippen LogP contribution >= 0.6 is 24.8 Å². The molecule has 2 rings (SSSR count). The van der Waals surface area contributed by atoms with Gasteiger partial charge in [0.2, 0.25) is 0 Å². The van der Waals surface area contributed by atoms with Gasteiger partial charge in [-0.25, -0.2) is 4.98 Å². The molecule has 0 spiro atoms. The van der Waals surface area contributed by atoms with Gasteiger partial charge >= 0.3 is 0 Å². The Balaban J connectivity index is 0.00000220. The van der Waals surface area contributed by atoms with Crippen LogP contribution < -0.4 is 5.32 Å². The van der Waals surface area contributed by atoms with Crippen molar-refractivity contribution >= 4 is 30.7 Å². The Morgan fingerprint density at radius 3 is 2.50 bits per heavy atom. The molecule has 1 amide bonds. The van der Waals surface area contributed by atoms with Crippen LogP contribution in [0, 0.1) is 0 Å². The van der Waals surface area contributed by atoms with E-state index in [1.165, 1.54) is 0 Å². The molecule has 1 aromatic heterocycles.